The van der Waals surface area contributed by atoms with Crippen LogP contribution < -0.4 is 0 Å². The van der Waals surface area contributed by atoms with E-state index in [1.807, 2.05) is 0 Å². The Labute approximate surface area is 108 Å². The molecule has 7 heteroatoms. The molecule has 0 aliphatic carbocycles. The van der Waals surface area contributed by atoms with Crippen LogP contribution >= 0.6 is 0 Å². The van der Waals surface area contributed by atoms with Gasteiger partial charge in [-0.1, -0.05) is 0 Å². The second kappa shape index (κ2) is 5.24. The van der Waals surface area contributed by atoms with E-state index in [1.54, 1.807) is 26.8 Å². The van der Waals surface area contributed by atoms with Crippen LogP contribution in [0.3, 0.4) is 0 Å². The molecule has 0 N–H and O–H groups in total. The summed E-state index contributed by atoms with van der Waals surface area (Å²) < 4.78 is 29.9. The highest BCUT2D eigenvalue weighted by Crippen LogP contribution is 2.24. The third kappa shape index (κ3) is 3.68. The standard InChI is InChI=1S/C11H18N2O4S/c1-11(2,3)17-10(14)9-5-4-7-13(9)18(15,16)8-6-12/h9H,4-5,7-8H2,1-3H3/t9-/m0/s1. The van der Waals surface area contributed by atoms with Crippen LogP contribution in [0.25, 0.3) is 0 Å². The van der Waals surface area contributed by atoms with Gasteiger partial charge in [0.25, 0.3) is 0 Å². The molecule has 18 heavy (non-hydrogen) atoms. The lowest BCUT2D eigenvalue weighted by atomic mass is 10.2. The van der Waals surface area contributed by atoms with Crippen molar-refractivity contribution in [2.45, 2.75) is 45.3 Å². The molecule has 1 heterocycles. The zero-order valence-corrected chi connectivity index (χ0v) is 11.7. The molecule has 6 nitrogen and oxygen atoms in total. The molecule has 1 saturated heterocycles. The van der Waals surface area contributed by atoms with E-state index in [9.17, 15) is 13.2 Å². The van der Waals surface area contributed by atoms with E-state index in [2.05, 4.69) is 0 Å². The van der Waals surface area contributed by atoms with Crippen molar-refractivity contribution in [3.8, 4) is 6.07 Å². The molecule has 0 amide bonds. The lowest BCUT2D eigenvalue weighted by Gasteiger charge is -2.26. The molecule has 1 rings (SSSR count). The van der Waals surface area contributed by atoms with Crippen LogP contribution in [0.5, 0.6) is 0 Å². The molecule has 1 atom stereocenters. The number of esters is 1. The highest BCUT2D eigenvalue weighted by molar-refractivity contribution is 7.89. The minimum atomic E-state index is -3.69. The number of nitriles is 1. The number of carbonyl (C=O) groups is 1. The molecule has 1 fully saturated rings. The van der Waals surface area contributed by atoms with E-state index in [4.69, 9.17) is 10.00 Å². The molecule has 102 valence electrons. The first-order valence-electron chi connectivity index (χ1n) is 5.77. The highest BCUT2D eigenvalue weighted by atomic mass is 32.2. The summed E-state index contributed by atoms with van der Waals surface area (Å²) in [5, 5.41) is 8.50. The van der Waals surface area contributed by atoms with Gasteiger partial charge in [0.05, 0.1) is 6.07 Å². The predicted molar refractivity (Wildman–Crippen MR) is 65.0 cm³/mol. The largest absolute Gasteiger partial charge is 0.459 e. The molecular formula is C11H18N2O4S. The van der Waals surface area contributed by atoms with Gasteiger partial charge in [-0.15, -0.1) is 0 Å². The normalized spacial score (nSPS) is 21.6. The average Bonchev–Trinajstić information content (AvgIpc) is 2.63. The van der Waals surface area contributed by atoms with Crippen molar-refractivity contribution >= 4 is 16.0 Å². The fraction of sp³-hybridized carbons (Fsp3) is 0.818. The van der Waals surface area contributed by atoms with Crippen molar-refractivity contribution in [2.75, 3.05) is 12.3 Å². The van der Waals surface area contributed by atoms with E-state index in [-0.39, 0.29) is 6.54 Å². The van der Waals surface area contributed by atoms with Gasteiger partial charge in [-0.05, 0) is 33.6 Å². The summed E-state index contributed by atoms with van der Waals surface area (Å²) in [6.07, 6.45) is 1.05. The Balaban J connectivity index is 2.84. The van der Waals surface area contributed by atoms with Gasteiger partial charge in [0.2, 0.25) is 10.0 Å². The summed E-state index contributed by atoms with van der Waals surface area (Å²) in [6, 6.07) is 0.822. The molecule has 0 aromatic rings. The number of rotatable bonds is 3. The van der Waals surface area contributed by atoms with Gasteiger partial charge < -0.3 is 4.74 Å². The maximum atomic E-state index is 11.9. The Bertz CT molecular complexity index is 458. The number of hydrogen-bond acceptors (Lipinski definition) is 5. The van der Waals surface area contributed by atoms with Crippen LogP contribution in [0, 0.1) is 11.3 Å². The van der Waals surface area contributed by atoms with Gasteiger partial charge in [0.15, 0.2) is 5.75 Å². The topological polar surface area (TPSA) is 87.5 Å². The Morgan fingerprint density at radius 3 is 2.61 bits per heavy atom. The van der Waals surface area contributed by atoms with Crippen molar-refractivity contribution in [2.24, 2.45) is 0 Å². The number of hydrogen-bond donors (Lipinski definition) is 0. The maximum absolute atomic E-state index is 11.9. The van der Waals surface area contributed by atoms with Crippen LogP contribution in [-0.4, -0.2) is 42.6 Å². The maximum Gasteiger partial charge on any atom is 0.324 e. The summed E-state index contributed by atoms with van der Waals surface area (Å²) >= 11 is 0. The van der Waals surface area contributed by atoms with Gasteiger partial charge in [-0.25, -0.2) is 8.42 Å². The lowest BCUT2D eigenvalue weighted by molar-refractivity contribution is -0.158. The molecule has 0 bridgehead atoms. The van der Waals surface area contributed by atoms with Gasteiger partial charge in [0.1, 0.15) is 11.6 Å². The number of sulfonamides is 1. The van der Waals surface area contributed by atoms with Crippen molar-refractivity contribution in [1.29, 1.82) is 5.26 Å². The Morgan fingerprint density at radius 1 is 1.50 bits per heavy atom. The monoisotopic (exact) mass is 274 g/mol. The molecule has 1 aliphatic heterocycles. The Kier molecular flexibility index (Phi) is 4.35. The van der Waals surface area contributed by atoms with Crippen molar-refractivity contribution in [3.63, 3.8) is 0 Å². The molecule has 1 aliphatic rings. The van der Waals surface area contributed by atoms with Gasteiger partial charge >= 0.3 is 5.97 Å². The minimum absolute atomic E-state index is 0.272. The second-order valence-electron chi connectivity index (χ2n) is 5.22. The van der Waals surface area contributed by atoms with Gasteiger partial charge in [-0.3, -0.25) is 4.79 Å². The summed E-state index contributed by atoms with van der Waals surface area (Å²) in [5.74, 6) is -1.15. The number of ether oxygens (including phenoxy) is 1. The van der Waals surface area contributed by atoms with E-state index in [0.717, 1.165) is 4.31 Å². The summed E-state index contributed by atoms with van der Waals surface area (Å²) in [5.41, 5.74) is -0.648. The SMILES string of the molecule is CC(C)(C)OC(=O)[C@@H]1CCCN1S(=O)(=O)CC#N. The minimum Gasteiger partial charge on any atom is -0.459 e. The summed E-state index contributed by atoms with van der Waals surface area (Å²) in [7, 11) is -3.69. The van der Waals surface area contributed by atoms with Crippen LogP contribution in [0.2, 0.25) is 0 Å². The zero-order chi connectivity index (χ0) is 14.0. The van der Waals surface area contributed by atoms with E-state index in [0.29, 0.717) is 12.8 Å². The fourth-order valence-electron chi connectivity index (χ4n) is 1.84. The quantitative estimate of drug-likeness (QED) is 0.705. The zero-order valence-electron chi connectivity index (χ0n) is 10.8. The molecule has 0 aromatic carbocycles. The highest BCUT2D eigenvalue weighted by Gasteiger charge is 2.40. The fourth-order valence-corrected chi connectivity index (χ4v) is 3.16. The van der Waals surface area contributed by atoms with Crippen molar-refractivity contribution in [3.05, 3.63) is 0 Å². The second-order valence-corrected chi connectivity index (χ2v) is 7.14. The molecule has 0 spiro atoms. The van der Waals surface area contributed by atoms with Gasteiger partial charge in [0, 0.05) is 6.54 Å². The first-order chi connectivity index (χ1) is 8.17. The van der Waals surface area contributed by atoms with E-state index < -0.39 is 33.4 Å². The molecule has 0 unspecified atom stereocenters. The Hall–Kier alpha value is -1.13. The van der Waals surface area contributed by atoms with Crippen molar-refractivity contribution in [1.82, 2.24) is 4.31 Å². The van der Waals surface area contributed by atoms with Crippen LogP contribution in [0.4, 0.5) is 0 Å². The smallest absolute Gasteiger partial charge is 0.324 e. The van der Waals surface area contributed by atoms with Crippen LogP contribution in [0.15, 0.2) is 0 Å². The van der Waals surface area contributed by atoms with Crippen LogP contribution in [0.1, 0.15) is 33.6 Å². The Morgan fingerprint density at radius 2 is 2.11 bits per heavy atom. The van der Waals surface area contributed by atoms with E-state index >= 15 is 0 Å². The molecule has 0 saturated carbocycles. The average molecular weight is 274 g/mol. The summed E-state index contributed by atoms with van der Waals surface area (Å²) in [4.78, 5) is 11.9. The number of nitrogens with zero attached hydrogens (tertiary/aromatic N) is 2. The predicted octanol–water partition coefficient (Wildman–Crippen LogP) is 0.646. The molecule has 0 radical (unpaired) electrons. The third-order valence-corrected chi connectivity index (χ3v) is 4.13. The third-order valence-electron chi connectivity index (χ3n) is 2.49. The molecular weight excluding hydrogens is 256 g/mol. The van der Waals surface area contributed by atoms with Gasteiger partial charge in [-0.2, -0.15) is 9.57 Å². The van der Waals surface area contributed by atoms with E-state index in [1.165, 1.54) is 0 Å². The van der Waals surface area contributed by atoms with Crippen LogP contribution in [-0.2, 0) is 19.6 Å². The first kappa shape index (κ1) is 14.9. The molecule has 0 aromatic heterocycles. The van der Waals surface area contributed by atoms with Crippen molar-refractivity contribution < 1.29 is 17.9 Å². The number of carbonyl (C=O) groups excluding carboxylic acids is 1. The first-order valence-corrected chi connectivity index (χ1v) is 7.37. The lowest BCUT2D eigenvalue weighted by Crippen LogP contribution is -2.44. The summed E-state index contributed by atoms with van der Waals surface area (Å²) in [6.45, 7) is 5.46.